The van der Waals surface area contributed by atoms with Crippen LogP contribution in [0.3, 0.4) is 0 Å². The van der Waals surface area contributed by atoms with Gasteiger partial charge in [0.05, 0.1) is 17.8 Å². The third-order valence-corrected chi connectivity index (χ3v) is 5.38. The Hall–Kier alpha value is -3.05. The summed E-state index contributed by atoms with van der Waals surface area (Å²) < 4.78 is 10.6. The topological polar surface area (TPSA) is 64.2 Å². The second kappa shape index (κ2) is 8.36. The van der Waals surface area contributed by atoms with E-state index in [0.717, 1.165) is 43.5 Å². The number of carbonyl (C=O) groups excluding carboxylic acids is 1. The summed E-state index contributed by atoms with van der Waals surface area (Å²) in [6.07, 6.45) is 2.04. The smallest absolute Gasteiger partial charge is 0.431 e. The van der Waals surface area contributed by atoms with Crippen molar-refractivity contribution in [2.24, 2.45) is 0 Å². The Bertz CT molecular complexity index is 1230. The molecule has 0 saturated heterocycles. The van der Waals surface area contributed by atoms with Crippen molar-refractivity contribution < 1.29 is 14.3 Å². The van der Waals surface area contributed by atoms with E-state index >= 15 is 0 Å². The van der Waals surface area contributed by atoms with Crippen LogP contribution in [0.5, 0.6) is 5.88 Å². The van der Waals surface area contributed by atoms with Gasteiger partial charge in [0.2, 0.25) is 5.88 Å². The van der Waals surface area contributed by atoms with Crippen LogP contribution in [-0.2, 0) is 17.6 Å². The van der Waals surface area contributed by atoms with Crippen molar-refractivity contribution in [3.8, 4) is 5.88 Å². The summed E-state index contributed by atoms with van der Waals surface area (Å²) in [5.74, 6) is 0.282. The predicted octanol–water partition coefficient (Wildman–Crippen LogP) is 6.45. The number of aromatic nitrogens is 2. The summed E-state index contributed by atoms with van der Waals surface area (Å²) in [5.41, 5.74) is 4.98. The average Bonchev–Trinajstić information content (AvgIpc) is 3.08. The van der Waals surface area contributed by atoms with E-state index in [4.69, 9.17) is 21.1 Å². The summed E-state index contributed by atoms with van der Waals surface area (Å²) in [5, 5.41) is 2.85. The van der Waals surface area contributed by atoms with Crippen LogP contribution < -0.4 is 4.74 Å². The van der Waals surface area contributed by atoms with E-state index in [9.17, 15) is 4.79 Å². The number of halogens is 1. The second-order valence-corrected chi connectivity index (χ2v) is 7.84. The minimum atomic E-state index is -0.748. The van der Waals surface area contributed by atoms with Gasteiger partial charge in [-0.2, -0.15) is 0 Å². The van der Waals surface area contributed by atoms with Gasteiger partial charge in [-0.15, -0.1) is 0 Å². The molecule has 0 unspecified atom stereocenters. The number of pyridine rings is 1. The largest absolute Gasteiger partial charge is 0.515 e. The lowest BCUT2D eigenvalue weighted by molar-refractivity contribution is 0.0713. The van der Waals surface area contributed by atoms with E-state index in [1.54, 1.807) is 20.0 Å². The normalized spacial score (nSPS) is 11.4. The molecule has 0 fully saturated rings. The summed E-state index contributed by atoms with van der Waals surface area (Å²) in [6.45, 7) is 5.57. The Labute approximate surface area is 180 Å². The first-order chi connectivity index (χ1) is 14.5. The van der Waals surface area contributed by atoms with E-state index in [1.165, 1.54) is 0 Å². The number of carbonyl (C=O) groups is 1. The summed E-state index contributed by atoms with van der Waals surface area (Å²) >= 11 is 6.41. The predicted molar refractivity (Wildman–Crippen MR) is 119 cm³/mol. The highest BCUT2D eigenvalue weighted by Crippen LogP contribution is 2.36. The molecule has 0 aliphatic rings. The van der Waals surface area contributed by atoms with Crippen molar-refractivity contribution in [2.45, 2.75) is 39.7 Å². The van der Waals surface area contributed by atoms with Gasteiger partial charge in [0.25, 0.3) is 0 Å². The van der Waals surface area contributed by atoms with E-state index in [-0.39, 0.29) is 12.0 Å². The molecule has 1 N–H and O–H groups in total. The standard InChI is InChI=1S/C24H23ClN2O3/c1-4-17-22-20(13-26-23(17)30-24(28)29-14(2)3)27-19-11-7-9-16(21(19)22)12-15-8-5-6-10-18(15)25/h5-11,13-14,27H,4,12H2,1-3H3. The molecule has 0 aliphatic heterocycles. The van der Waals surface area contributed by atoms with E-state index in [2.05, 4.69) is 16.0 Å². The molecule has 5 nitrogen and oxygen atoms in total. The number of nitrogens with one attached hydrogen (secondary N) is 1. The van der Waals surface area contributed by atoms with Gasteiger partial charge in [0, 0.05) is 26.9 Å². The maximum Gasteiger partial charge on any atom is 0.515 e. The van der Waals surface area contributed by atoms with Gasteiger partial charge < -0.3 is 14.5 Å². The molecule has 154 valence electrons. The van der Waals surface area contributed by atoms with Crippen LogP contribution in [0.15, 0.2) is 48.7 Å². The fourth-order valence-electron chi connectivity index (χ4n) is 3.77. The van der Waals surface area contributed by atoms with Gasteiger partial charge >= 0.3 is 6.16 Å². The number of aryl methyl sites for hydroxylation is 1. The zero-order valence-electron chi connectivity index (χ0n) is 17.2. The molecule has 4 aromatic rings. The highest BCUT2D eigenvalue weighted by Gasteiger charge is 2.19. The fraction of sp³-hybridized carbons (Fsp3) is 0.250. The van der Waals surface area contributed by atoms with Gasteiger partial charge in [-0.05, 0) is 49.9 Å². The Morgan fingerprint density at radius 1 is 1.07 bits per heavy atom. The maximum absolute atomic E-state index is 12.1. The van der Waals surface area contributed by atoms with Crippen LogP contribution in [0.4, 0.5) is 4.79 Å². The Morgan fingerprint density at radius 3 is 2.57 bits per heavy atom. The van der Waals surface area contributed by atoms with Gasteiger partial charge in [-0.3, -0.25) is 0 Å². The summed E-state index contributed by atoms with van der Waals surface area (Å²) in [6, 6.07) is 14.0. The maximum atomic E-state index is 12.1. The fourth-order valence-corrected chi connectivity index (χ4v) is 3.97. The van der Waals surface area contributed by atoms with Crippen LogP contribution in [0.2, 0.25) is 5.02 Å². The molecule has 6 heteroatoms. The number of nitrogens with zero attached hydrogens (tertiary/aromatic N) is 1. The molecule has 0 aliphatic carbocycles. The van der Waals surface area contributed by atoms with Crippen LogP contribution in [-0.4, -0.2) is 22.2 Å². The van der Waals surface area contributed by atoms with Crippen molar-refractivity contribution in [2.75, 3.05) is 0 Å². The first-order valence-electron chi connectivity index (χ1n) is 10.0. The van der Waals surface area contributed by atoms with Crippen molar-refractivity contribution >= 4 is 39.6 Å². The summed E-state index contributed by atoms with van der Waals surface area (Å²) in [4.78, 5) is 19.9. The van der Waals surface area contributed by atoms with Crippen LogP contribution in [0.25, 0.3) is 21.8 Å². The van der Waals surface area contributed by atoms with Crippen LogP contribution in [0.1, 0.15) is 37.5 Å². The molecule has 0 spiro atoms. The average molecular weight is 423 g/mol. The number of H-pyrrole nitrogens is 1. The lowest BCUT2D eigenvalue weighted by atomic mass is 9.97. The molecule has 30 heavy (non-hydrogen) atoms. The summed E-state index contributed by atoms with van der Waals surface area (Å²) in [7, 11) is 0. The molecule has 0 bridgehead atoms. The van der Waals surface area contributed by atoms with Crippen molar-refractivity contribution in [3.63, 3.8) is 0 Å². The molecular weight excluding hydrogens is 400 g/mol. The molecule has 2 aromatic carbocycles. The molecule has 0 radical (unpaired) electrons. The first-order valence-corrected chi connectivity index (χ1v) is 10.4. The highest BCUT2D eigenvalue weighted by molar-refractivity contribution is 6.31. The quantitative estimate of drug-likeness (QED) is 0.375. The molecule has 2 aromatic heterocycles. The Morgan fingerprint density at radius 2 is 1.83 bits per heavy atom. The van der Waals surface area contributed by atoms with E-state index in [0.29, 0.717) is 12.8 Å². The highest BCUT2D eigenvalue weighted by atomic mass is 35.5. The van der Waals surface area contributed by atoms with Gasteiger partial charge in [-0.1, -0.05) is 48.9 Å². The first kappa shape index (κ1) is 20.2. The SMILES string of the molecule is CCc1c(OC(=O)OC(C)C)ncc2[nH]c3cccc(Cc4ccccc4Cl)c3c12. The number of fused-ring (bicyclic) bond motifs is 3. The van der Waals surface area contributed by atoms with Crippen molar-refractivity contribution in [1.82, 2.24) is 9.97 Å². The number of hydrogen-bond acceptors (Lipinski definition) is 4. The number of rotatable bonds is 5. The van der Waals surface area contributed by atoms with Crippen molar-refractivity contribution in [3.05, 3.63) is 70.4 Å². The van der Waals surface area contributed by atoms with E-state index < -0.39 is 6.16 Å². The van der Waals surface area contributed by atoms with Gasteiger partial charge in [0.15, 0.2) is 0 Å². The zero-order chi connectivity index (χ0) is 21.3. The minimum Gasteiger partial charge on any atom is -0.431 e. The van der Waals surface area contributed by atoms with Crippen molar-refractivity contribution in [1.29, 1.82) is 0 Å². The number of benzene rings is 2. The molecular formula is C24H23ClN2O3. The lowest BCUT2D eigenvalue weighted by Crippen LogP contribution is -2.17. The minimum absolute atomic E-state index is 0.262. The molecule has 2 heterocycles. The Balaban J connectivity index is 1.87. The molecule has 0 atom stereocenters. The van der Waals surface area contributed by atoms with Crippen LogP contribution >= 0.6 is 11.6 Å². The zero-order valence-corrected chi connectivity index (χ0v) is 17.9. The lowest BCUT2D eigenvalue weighted by Gasteiger charge is -2.12. The second-order valence-electron chi connectivity index (χ2n) is 7.44. The number of ether oxygens (including phenoxy) is 2. The number of hydrogen-bond donors (Lipinski definition) is 1. The monoisotopic (exact) mass is 422 g/mol. The molecule has 0 amide bonds. The molecule has 4 rings (SSSR count). The van der Waals surface area contributed by atoms with Crippen LogP contribution in [0, 0.1) is 0 Å². The molecule has 0 saturated carbocycles. The third kappa shape index (κ3) is 3.85. The van der Waals surface area contributed by atoms with Gasteiger partial charge in [-0.25, -0.2) is 9.78 Å². The van der Waals surface area contributed by atoms with E-state index in [1.807, 2.05) is 43.3 Å². The Kier molecular flexibility index (Phi) is 5.64. The van der Waals surface area contributed by atoms with Gasteiger partial charge in [0.1, 0.15) is 0 Å². The third-order valence-electron chi connectivity index (χ3n) is 5.01. The number of aromatic amines is 1.